The summed E-state index contributed by atoms with van der Waals surface area (Å²) in [7, 11) is 0. The number of aryl methyl sites for hydroxylation is 1. The first-order valence-electron chi connectivity index (χ1n) is 8.19. The Morgan fingerprint density at radius 3 is 2.45 bits per heavy atom. The Morgan fingerprint density at radius 1 is 1.20 bits per heavy atom. The average molecular weight is 274 g/mol. The van der Waals surface area contributed by atoms with E-state index in [1.54, 1.807) is 0 Å². The molecule has 0 saturated heterocycles. The smallest absolute Gasteiger partial charge is 0.0322 e. The number of nitrogens with zero attached hydrogens (tertiary/aromatic N) is 1. The minimum atomic E-state index is 0.484. The first-order valence-corrected chi connectivity index (χ1v) is 8.19. The molecule has 2 rings (SSSR count). The number of rotatable bonds is 5. The summed E-state index contributed by atoms with van der Waals surface area (Å²) in [6, 6.07) is 10.2. The average Bonchev–Trinajstić information content (AvgIpc) is 2.49. The standard InChI is InChI=1S/C18H30N2/c1-4-20(18-8-6-5-7-17(18)13-19)15(3)16-11-9-14(2)10-12-16/h9-12,15,17-18H,4-8,13,19H2,1-3H3. The number of benzene rings is 1. The first kappa shape index (κ1) is 15.5. The van der Waals surface area contributed by atoms with Gasteiger partial charge in [0.25, 0.3) is 0 Å². The van der Waals surface area contributed by atoms with Crippen LogP contribution in [0.25, 0.3) is 0 Å². The molecular formula is C18H30N2. The van der Waals surface area contributed by atoms with Gasteiger partial charge in [-0.15, -0.1) is 0 Å². The first-order chi connectivity index (χ1) is 9.67. The summed E-state index contributed by atoms with van der Waals surface area (Å²) >= 11 is 0. The molecule has 1 aliphatic carbocycles. The fraction of sp³-hybridized carbons (Fsp3) is 0.667. The molecule has 0 radical (unpaired) electrons. The van der Waals surface area contributed by atoms with Crippen molar-refractivity contribution in [2.24, 2.45) is 11.7 Å². The predicted molar refractivity (Wildman–Crippen MR) is 86.8 cm³/mol. The zero-order chi connectivity index (χ0) is 14.5. The van der Waals surface area contributed by atoms with Crippen LogP contribution in [0.2, 0.25) is 0 Å². The van der Waals surface area contributed by atoms with E-state index in [1.165, 1.54) is 36.8 Å². The Morgan fingerprint density at radius 2 is 1.85 bits per heavy atom. The summed E-state index contributed by atoms with van der Waals surface area (Å²) in [5.41, 5.74) is 8.78. The molecule has 20 heavy (non-hydrogen) atoms. The Kier molecular flexibility index (Phi) is 5.62. The van der Waals surface area contributed by atoms with Crippen LogP contribution in [0.3, 0.4) is 0 Å². The second kappa shape index (κ2) is 7.24. The molecule has 1 aliphatic rings. The molecule has 0 aliphatic heterocycles. The highest BCUT2D eigenvalue weighted by Crippen LogP contribution is 2.33. The fourth-order valence-electron chi connectivity index (χ4n) is 3.73. The van der Waals surface area contributed by atoms with Gasteiger partial charge in [0.2, 0.25) is 0 Å². The van der Waals surface area contributed by atoms with E-state index in [9.17, 15) is 0 Å². The van der Waals surface area contributed by atoms with Crippen LogP contribution in [-0.4, -0.2) is 24.0 Å². The van der Waals surface area contributed by atoms with Gasteiger partial charge < -0.3 is 5.73 Å². The summed E-state index contributed by atoms with van der Waals surface area (Å²) in [6.07, 6.45) is 5.33. The van der Waals surface area contributed by atoms with Gasteiger partial charge in [0.05, 0.1) is 0 Å². The van der Waals surface area contributed by atoms with Crippen molar-refractivity contribution in [1.29, 1.82) is 0 Å². The highest BCUT2D eigenvalue weighted by atomic mass is 15.2. The van der Waals surface area contributed by atoms with Crippen molar-refractivity contribution in [3.63, 3.8) is 0 Å². The Labute approximate surface area is 124 Å². The molecule has 1 aromatic carbocycles. The number of nitrogens with two attached hydrogens (primary N) is 1. The van der Waals surface area contributed by atoms with Gasteiger partial charge in [-0.3, -0.25) is 4.90 Å². The van der Waals surface area contributed by atoms with Crippen LogP contribution in [-0.2, 0) is 0 Å². The van der Waals surface area contributed by atoms with Crippen molar-refractivity contribution < 1.29 is 0 Å². The van der Waals surface area contributed by atoms with Crippen molar-refractivity contribution in [1.82, 2.24) is 4.90 Å². The van der Waals surface area contributed by atoms with E-state index in [2.05, 4.69) is 49.9 Å². The van der Waals surface area contributed by atoms with Crippen molar-refractivity contribution in [3.8, 4) is 0 Å². The van der Waals surface area contributed by atoms with Crippen LogP contribution in [0.15, 0.2) is 24.3 Å². The highest BCUT2D eigenvalue weighted by Gasteiger charge is 2.31. The topological polar surface area (TPSA) is 29.3 Å². The van der Waals surface area contributed by atoms with Crippen LogP contribution in [0.5, 0.6) is 0 Å². The SMILES string of the molecule is CCN(C(C)c1ccc(C)cc1)C1CCCCC1CN. The molecule has 2 nitrogen and oxygen atoms in total. The van der Waals surface area contributed by atoms with Crippen molar-refractivity contribution >= 4 is 0 Å². The lowest BCUT2D eigenvalue weighted by Gasteiger charge is -2.42. The monoisotopic (exact) mass is 274 g/mol. The number of hydrogen-bond donors (Lipinski definition) is 1. The largest absolute Gasteiger partial charge is 0.330 e. The van der Waals surface area contributed by atoms with Gasteiger partial charge >= 0.3 is 0 Å². The lowest BCUT2D eigenvalue weighted by molar-refractivity contribution is 0.0769. The lowest BCUT2D eigenvalue weighted by Crippen LogP contribution is -2.46. The van der Waals surface area contributed by atoms with Gasteiger partial charge in [0.15, 0.2) is 0 Å². The molecular weight excluding hydrogens is 244 g/mol. The molecule has 112 valence electrons. The van der Waals surface area contributed by atoms with Crippen LogP contribution in [0.1, 0.15) is 56.7 Å². The summed E-state index contributed by atoms with van der Waals surface area (Å²) in [4.78, 5) is 2.67. The van der Waals surface area contributed by atoms with Crippen LogP contribution < -0.4 is 5.73 Å². The van der Waals surface area contributed by atoms with Gasteiger partial charge in [-0.1, -0.05) is 49.6 Å². The van der Waals surface area contributed by atoms with Crippen LogP contribution in [0, 0.1) is 12.8 Å². The Bertz CT molecular complexity index is 398. The second-order valence-electron chi connectivity index (χ2n) is 6.26. The minimum Gasteiger partial charge on any atom is -0.330 e. The second-order valence-corrected chi connectivity index (χ2v) is 6.26. The van der Waals surface area contributed by atoms with E-state index in [1.807, 2.05) is 0 Å². The van der Waals surface area contributed by atoms with E-state index < -0.39 is 0 Å². The minimum absolute atomic E-state index is 0.484. The summed E-state index contributed by atoms with van der Waals surface area (Å²) < 4.78 is 0. The highest BCUT2D eigenvalue weighted by molar-refractivity contribution is 5.24. The van der Waals surface area contributed by atoms with Gasteiger partial charge in [0, 0.05) is 12.1 Å². The van der Waals surface area contributed by atoms with Crippen molar-refractivity contribution in [3.05, 3.63) is 35.4 Å². The summed E-state index contributed by atoms with van der Waals surface area (Å²) in [5.74, 6) is 0.677. The zero-order valence-electron chi connectivity index (χ0n) is 13.3. The van der Waals surface area contributed by atoms with Crippen molar-refractivity contribution in [2.45, 2.75) is 58.5 Å². The van der Waals surface area contributed by atoms with Crippen LogP contribution >= 0.6 is 0 Å². The molecule has 3 atom stereocenters. The molecule has 1 aromatic rings. The lowest BCUT2D eigenvalue weighted by atomic mass is 9.82. The van der Waals surface area contributed by atoms with Gasteiger partial charge in [-0.05, 0) is 51.3 Å². The predicted octanol–water partition coefficient (Wildman–Crippen LogP) is 3.90. The molecule has 0 bridgehead atoms. The van der Waals surface area contributed by atoms with E-state index in [4.69, 9.17) is 5.73 Å². The molecule has 0 spiro atoms. The third kappa shape index (κ3) is 3.42. The maximum absolute atomic E-state index is 6.02. The third-order valence-corrected chi connectivity index (χ3v) is 5.02. The number of hydrogen-bond acceptors (Lipinski definition) is 2. The van der Waals surface area contributed by atoms with Gasteiger partial charge in [-0.2, -0.15) is 0 Å². The van der Waals surface area contributed by atoms with E-state index >= 15 is 0 Å². The molecule has 1 saturated carbocycles. The van der Waals surface area contributed by atoms with Gasteiger partial charge in [0.1, 0.15) is 0 Å². The zero-order valence-corrected chi connectivity index (χ0v) is 13.3. The molecule has 0 heterocycles. The molecule has 1 fully saturated rings. The van der Waals surface area contributed by atoms with E-state index in [-0.39, 0.29) is 0 Å². The normalized spacial score (nSPS) is 24.9. The maximum atomic E-state index is 6.02. The molecule has 2 N–H and O–H groups in total. The third-order valence-electron chi connectivity index (χ3n) is 5.02. The molecule has 0 aromatic heterocycles. The van der Waals surface area contributed by atoms with E-state index in [0.717, 1.165) is 13.1 Å². The van der Waals surface area contributed by atoms with Gasteiger partial charge in [-0.25, -0.2) is 0 Å². The Hall–Kier alpha value is -0.860. The molecule has 2 heteroatoms. The Balaban J connectivity index is 2.15. The summed E-state index contributed by atoms with van der Waals surface area (Å²) in [5, 5.41) is 0. The fourth-order valence-corrected chi connectivity index (χ4v) is 3.73. The molecule has 0 amide bonds. The maximum Gasteiger partial charge on any atom is 0.0322 e. The molecule has 3 unspecified atom stereocenters. The summed E-state index contributed by atoms with van der Waals surface area (Å²) in [6.45, 7) is 8.72. The quantitative estimate of drug-likeness (QED) is 0.882. The van der Waals surface area contributed by atoms with Crippen LogP contribution in [0.4, 0.5) is 0 Å². The van der Waals surface area contributed by atoms with E-state index in [0.29, 0.717) is 18.0 Å². The van der Waals surface area contributed by atoms with Crippen molar-refractivity contribution in [2.75, 3.05) is 13.1 Å².